The summed E-state index contributed by atoms with van der Waals surface area (Å²) in [7, 11) is 0. The van der Waals surface area contributed by atoms with Crippen LogP contribution >= 0.6 is 12.6 Å². The maximum absolute atomic E-state index is 12.2. The molecule has 3 aromatic rings. The van der Waals surface area contributed by atoms with Crippen LogP contribution in [0.1, 0.15) is 27.0 Å². The van der Waals surface area contributed by atoms with Gasteiger partial charge in [-0.2, -0.15) is 0 Å². The van der Waals surface area contributed by atoms with Gasteiger partial charge in [-0.15, -0.1) is 12.6 Å². The number of rotatable bonds is 3. The van der Waals surface area contributed by atoms with Crippen molar-refractivity contribution in [2.24, 2.45) is 0 Å². The van der Waals surface area contributed by atoms with Crippen LogP contribution in [0.15, 0.2) is 78.0 Å². The van der Waals surface area contributed by atoms with Gasteiger partial charge in [-0.05, 0) is 66.2 Å². The molecule has 0 unspecified atom stereocenters. The van der Waals surface area contributed by atoms with E-state index in [2.05, 4.69) is 34.8 Å². The van der Waals surface area contributed by atoms with E-state index in [1.165, 1.54) is 0 Å². The molecular formula is C21H16N2OS. The highest BCUT2D eigenvalue weighted by atomic mass is 32.1. The molecule has 1 amide bonds. The van der Waals surface area contributed by atoms with E-state index in [0.717, 1.165) is 21.6 Å². The van der Waals surface area contributed by atoms with Crippen molar-refractivity contribution in [2.45, 2.75) is 11.4 Å². The number of nitrogens with one attached hydrogen (secondary N) is 1. The Hall–Kier alpha value is -3.03. The molecule has 3 nitrogen and oxygen atoms in total. The fourth-order valence-corrected chi connectivity index (χ4v) is 2.33. The summed E-state index contributed by atoms with van der Waals surface area (Å²) in [6.45, 7) is 0.476. The second-order valence-corrected chi connectivity index (χ2v) is 5.93. The Morgan fingerprint density at radius 1 is 0.880 bits per heavy atom. The number of carbonyl (C=O) groups is 1. The van der Waals surface area contributed by atoms with Gasteiger partial charge in [0.05, 0.1) is 0 Å². The van der Waals surface area contributed by atoms with E-state index >= 15 is 0 Å². The minimum atomic E-state index is -0.110. The molecule has 0 aliphatic rings. The van der Waals surface area contributed by atoms with Gasteiger partial charge in [0.15, 0.2) is 0 Å². The van der Waals surface area contributed by atoms with Gasteiger partial charge < -0.3 is 5.32 Å². The molecule has 122 valence electrons. The Morgan fingerprint density at radius 3 is 2.04 bits per heavy atom. The zero-order valence-electron chi connectivity index (χ0n) is 13.4. The number of hydrogen-bond acceptors (Lipinski definition) is 3. The van der Waals surface area contributed by atoms with E-state index < -0.39 is 0 Å². The predicted octanol–water partition coefficient (Wildman–Crippen LogP) is 3.70. The summed E-state index contributed by atoms with van der Waals surface area (Å²) in [6.07, 6.45) is 3.41. The van der Waals surface area contributed by atoms with E-state index in [9.17, 15) is 4.79 Å². The molecule has 0 bridgehead atoms. The highest BCUT2D eigenvalue weighted by Gasteiger charge is 2.04. The summed E-state index contributed by atoms with van der Waals surface area (Å²) in [6, 6.07) is 18.7. The van der Waals surface area contributed by atoms with Crippen LogP contribution in [0.25, 0.3) is 0 Å². The third-order valence-electron chi connectivity index (χ3n) is 3.57. The number of pyridine rings is 1. The van der Waals surface area contributed by atoms with Gasteiger partial charge in [-0.25, -0.2) is 0 Å². The largest absolute Gasteiger partial charge is 0.348 e. The Labute approximate surface area is 152 Å². The normalized spacial score (nSPS) is 9.80. The van der Waals surface area contributed by atoms with Crippen LogP contribution < -0.4 is 5.32 Å². The molecule has 0 aliphatic heterocycles. The average Bonchev–Trinajstić information content (AvgIpc) is 2.67. The average molecular weight is 344 g/mol. The number of thiol groups is 1. The first-order valence-corrected chi connectivity index (χ1v) is 8.24. The van der Waals surface area contributed by atoms with Crippen LogP contribution in [-0.4, -0.2) is 10.9 Å². The molecule has 0 saturated heterocycles. The van der Waals surface area contributed by atoms with Crippen LogP contribution in [-0.2, 0) is 6.54 Å². The molecule has 0 atom stereocenters. The molecule has 1 N–H and O–H groups in total. The third kappa shape index (κ3) is 4.97. The van der Waals surface area contributed by atoms with Gasteiger partial charge in [-0.3, -0.25) is 9.78 Å². The summed E-state index contributed by atoms with van der Waals surface area (Å²) in [4.78, 5) is 17.0. The fourth-order valence-electron chi connectivity index (χ4n) is 2.18. The summed E-state index contributed by atoms with van der Waals surface area (Å²) in [5.74, 6) is 6.07. The van der Waals surface area contributed by atoms with Gasteiger partial charge in [-0.1, -0.05) is 11.8 Å². The lowest BCUT2D eigenvalue weighted by Crippen LogP contribution is -2.22. The van der Waals surface area contributed by atoms with Crippen molar-refractivity contribution in [1.29, 1.82) is 0 Å². The molecule has 0 aliphatic carbocycles. The van der Waals surface area contributed by atoms with E-state index in [4.69, 9.17) is 0 Å². The lowest BCUT2D eigenvalue weighted by atomic mass is 10.1. The highest BCUT2D eigenvalue weighted by Crippen LogP contribution is 2.08. The Kier molecular flexibility index (Phi) is 5.50. The lowest BCUT2D eigenvalue weighted by Gasteiger charge is -2.05. The molecule has 1 aromatic heterocycles. The fraction of sp³-hybridized carbons (Fsp3) is 0.0476. The van der Waals surface area contributed by atoms with Crippen molar-refractivity contribution in [3.63, 3.8) is 0 Å². The number of nitrogens with zero attached hydrogens (tertiary/aromatic N) is 1. The smallest absolute Gasteiger partial charge is 0.251 e. The molecule has 0 saturated carbocycles. The molecule has 3 rings (SSSR count). The Balaban J connectivity index is 1.62. The maximum Gasteiger partial charge on any atom is 0.251 e. The second kappa shape index (κ2) is 8.18. The third-order valence-corrected chi connectivity index (χ3v) is 3.87. The van der Waals surface area contributed by atoms with Crippen molar-refractivity contribution in [3.05, 3.63) is 95.3 Å². The zero-order valence-corrected chi connectivity index (χ0v) is 14.3. The van der Waals surface area contributed by atoms with E-state index in [0.29, 0.717) is 12.1 Å². The van der Waals surface area contributed by atoms with Gasteiger partial charge in [0.25, 0.3) is 5.91 Å². The van der Waals surface area contributed by atoms with Crippen LogP contribution in [0.2, 0.25) is 0 Å². The predicted molar refractivity (Wildman–Crippen MR) is 102 cm³/mol. The minimum absolute atomic E-state index is 0.110. The first-order valence-electron chi connectivity index (χ1n) is 7.79. The molecule has 0 radical (unpaired) electrons. The Bertz CT molecular complexity index is 908. The summed E-state index contributed by atoms with van der Waals surface area (Å²) in [5.41, 5.74) is 3.41. The molecule has 0 spiro atoms. The molecule has 4 heteroatoms. The zero-order chi connectivity index (χ0) is 17.5. The van der Waals surface area contributed by atoms with Gasteiger partial charge in [0, 0.05) is 40.5 Å². The second-order valence-electron chi connectivity index (χ2n) is 5.41. The SMILES string of the molecule is O=C(NCc1ccncc1)c1ccc(C#Cc2ccc(S)cc2)cc1. The number of aromatic nitrogens is 1. The van der Waals surface area contributed by atoms with Crippen molar-refractivity contribution in [3.8, 4) is 11.8 Å². The van der Waals surface area contributed by atoms with Crippen LogP contribution in [0.5, 0.6) is 0 Å². The topological polar surface area (TPSA) is 42.0 Å². The van der Waals surface area contributed by atoms with Crippen molar-refractivity contribution < 1.29 is 4.79 Å². The monoisotopic (exact) mass is 344 g/mol. The molecule has 1 heterocycles. The first-order chi connectivity index (χ1) is 12.2. The standard InChI is InChI=1S/C21H16N2OS/c24-21(23-15-18-11-13-22-14-12-18)19-7-3-16(4-8-19)1-2-17-5-9-20(25)10-6-17/h3-14,25H,15H2,(H,23,24). The van der Waals surface area contributed by atoms with E-state index in [1.807, 2.05) is 48.5 Å². The molecule has 25 heavy (non-hydrogen) atoms. The van der Waals surface area contributed by atoms with Gasteiger partial charge >= 0.3 is 0 Å². The van der Waals surface area contributed by atoms with Crippen LogP contribution in [0.4, 0.5) is 0 Å². The highest BCUT2D eigenvalue weighted by molar-refractivity contribution is 7.80. The van der Waals surface area contributed by atoms with Gasteiger partial charge in [0.1, 0.15) is 0 Å². The van der Waals surface area contributed by atoms with Crippen molar-refractivity contribution >= 4 is 18.5 Å². The van der Waals surface area contributed by atoms with Crippen molar-refractivity contribution in [2.75, 3.05) is 0 Å². The number of carbonyl (C=O) groups excluding carboxylic acids is 1. The number of benzene rings is 2. The molecular weight excluding hydrogens is 328 g/mol. The molecule has 0 fully saturated rings. The molecule has 2 aromatic carbocycles. The van der Waals surface area contributed by atoms with Crippen molar-refractivity contribution in [1.82, 2.24) is 10.3 Å². The lowest BCUT2D eigenvalue weighted by molar-refractivity contribution is 0.0951. The minimum Gasteiger partial charge on any atom is -0.348 e. The quantitative estimate of drug-likeness (QED) is 0.562. The summed E-state index contributed by atoms with van der Waals surface area (Å²) >= 11 is 4.25. The number of hydrogen-bond donors (Lipinski definition) is 2. The maximum atomic E-state index is 12.2. The number of amides is 1. The summed E-state index contributed by atoms with van der Waals surface area (Å²) in [5, 5.41) is 2.89. The van der Waals surface area contributed by atoms with Crippen LogP contribution in [0.3, 0.4) is 0 Å². The van der Waals surface area contributed by atoms with Gasteiger partial charge in [0.2, 0.25) is 0 Å². The van der Waals surface area contributed by atoms with E-state index in [1.54, 1.807) is 24.5 Å². The van der Waals surface area contributed by atoms with E-state index in [-0.39, 0.29) is 5.91 Å². The first kappa shape index (κ1) is 16.8. The Morgan fingerprint density at radius 2 is 1.44 bits per heavy atom. The van der Waals surface area contributed by atoms with Crippen LogP contribution in [0, 0.1) is 11.8 Å². The summed E-state index contributed by atoms with van der Waals surface area (Å²) < 4.78 is 0.